The monoisotopic (exact) mass is 290 g/mol. The molecule has 1 atom stereocenters. The molecule has 2 aromatic rings. The normalized spacial score (nSPS) is 12.3. The standard InChI is InChI=1S/C16H22N2O3/c1-10-14(11(2)18(3)17-10)9-15(19)13-7-6-12(20-4)8-16(13)21-5/h6-8,15,19H,9H2,1-5H3. The second kappa shape index (κ2) is 6.18. The Labute approximate surface area is 125 Å². The molecular weight excluding hydrogens is 268 g/mol. The Morgan fingerprint density at radius 2 is 1.95 bits per heavy atom. The van der Waals surface area contributed by atoms with Gasteiger partial charge in [-0.05, 0) is 31.5 Å². The highest BCUT2D eigenvalue weighted by molar-refractivity contribution is 5.42. The van der Waals surface area contributed by atoms with E-state index in [2.05, 4.69) is 5.10 Å². The molecule has 0 aliphatic heterocycles. The number of hydrogen-bond donors (Lipinski definition) is 1. The van der Waals surface area contributed by atoms with Crippen LogP contribution >= 0.6 is 0 Å². The topological polar surface area (TPSA) is 56.5 Å². The van der Waals surface area contributed by atoms with Crippen molar-refractivity contribution in [1.82, 2.24) is 9.78 Å². The summed E-state index contributed by atoms with van der Waals surface area (Å²) in [5, 5.41) is 14.9. The van der Waals surface area contributed by atoms with Gasteiger partial charge in [0, 0.05) is 30.8 Å². The van der Waals surface area contributed by atoms with Crippen molar-refractivity contribution in [1.29, 1.82) is 0 Å². The molecule has 1 unspecified atom stereocenters. The van der Waals surface area contributed by atoms with Crippen LogP contribution < -0.4 is 9.47 Å². The van der Waals surface area contributed by atoms with E-state index in [4.69, 9.17) is 9.47 Å². The Morgan fingerprint density at radius 3 is 2.48 bits per heavy atom. The lowest BCUT2D eigenvalue weighted by Crippen LogP contribution is -2.06. The smallest absolute Gasteiger partial charge is 0.128 e. The quantitative estimate of drug-likeness (QED) is 0.918. The Bertz CT molecular complexity index is 635. The molecule has 0 fully saturated rings. The van der Waals surface area contributed by atoms with Gasteiger partial charge in [-0.15, -0.1) is 0 Å². The maximum atomic E-state index is 10.5. The van der Waals surface area contributed by atoms with E-state index in [1.165, 1.54) is 0 Å². The second-order valence-electron chi connectivity index (χ2n) is 5.10. The Kier molecular flexibility index (Phi) is 4.53. The fraction of sp³-hybridized carbons (Fsp3) is 0.438. The number of methoxy groups -OCH3 is 2. The van der Waals surface area contributed by atoms with Crippen molar-refractivity contribution < 1.29 is 14.6 Å². The molecule has 2 rings (SSSR count). The molecule has 1 heterocycles. The molecule has 1 aromatic heterocycles. The van der Waals surface area contributed by atoms with Crippen LogP contribution in [-0.2, 0) is 13.5 Å². The fourth-order valence-corrected chi connectivity index (χ4v) is 2.51. The highest BCUT2D eigenvalue weighted by Gasteiger charge is 2.19. The molecule has 1 aromatic carbocycles. The van der Waals surface area contributed by atoms with Gasteiger partial charge in [0.1, 0.15) is 11.5 Å². The second-order valence-corrected chi connectivity index (χ2v) is 5.10. The van der Waals surface area contributed by atoms with Crippen LogP contribution in [0.4, 0.5) is 0 Å². The summed E-state index contributed by atoms with van der Waals surface area (Å²) in [6.45, 7) is 3.97. The Balaban J connectivity index is 2.30. The summed E-state index contributed by atoms with van der Waals surface area (Å²) in [7, 11) is 5.10. The van der Waals surface area contributed by atoms with E-state index in [-0.39, 0.29) is 0 Å². The van der Waals surface area contributed by atoms with E-state index in [1.807, 2.05) is 37.7 Å². The largest absolute Gasteiger partial charge is 0.497 e. The molecule has 0 spiro atoms. The maximum Gasteiger partial charge on any atom is 0.128 e. The molecule has 0 radical (unpaired) electrons. The zero-order valence-corrected chi connectivity index (χ0v) is 13.2. The molecule has 0 saturated carbocycles. The van der Waals surface area contributed by atoms with Crippen molar-refractivity contribution in [2.75, 3.05) is 14.2 Å². The number of aryl methyl sites for hydroxylation is 2. The molecule has 21 heavy (non-hydrogen) atoms. The number of benzene rings is 1. The van der Waals surface area contributed by atoms with Crippen molar-refractivity contribution >= 4 is 0 Å². The molecule has 0 aliphatic carbocycles. The minimum atomic E-state index is -0.646. The number of aliphatic hydroxyl groups excluding tert-OH is 1. The van der Waals surface area contributed by atoms with Crippen LogP contribution in [0.25, 0.3) is 0 Å². The molecule has 5 heteroatoms. The number of ether oxygens (including phenoxy) is 2. The van der Waals surface area contributed by atoms with Crippen molar-refractivity contribution in [3.8, 4) is 11.5 Å². The SMILES string of the molecule is COc1ccc(C(O)Cc2c(C)nn(C)c2C)c(OC)c1. The summed E-state index contributed by atoms with van der Waals surface area (Å²) < 4.78 is 12.4. The van der Waals surface area contributed by atoms with Crippen LogP contribution in [0.15, 0.2) is 18.2 Å². The molecule has 0 amide bonds. The number of hydrogen-bond acceptors (Lipinski definition) is 4. The van der Waals surface area contributed by atoms with Gasteiger partial charge in [-0.2, -0.15) is 5.10 Å². The van der Waals surface area contributed by atoms with Crippen LogP contribution in [-0.4, -0.2) is 29.1 Å². The Morgan fingerprint density at radius 1 is 1.24 bits per heavy atom. The number of nitrogens with zero attached hydrogens (tertiary/aromatic N) is 2. The third kappa shape index (κ3) is 3.03. The summed E-state index contributed by atoms with van der Waals surface area (Å²) in [5.41, 5.74) is 3.84. The first kappa shape index (κ1) is 15.4. The van der Waals surface area contributed by atoms with Gasteiger partial charge in [0.2, 0.25) is 0 Å². The number of aliphatic hydroxyl groups is 1. The number of aromatic nitrogens is 2. The lowest BCUT2D eigenvalue weighted by Gasteiger charge is -2.16. The summed E-state index contributed by atoms with van der Waals surface area (Å²) in [5.74, 6) is 1.33. The minimum absolute atomic E-state index is 0.508. The Hall–Kier alpha value is -2.01. The van der Waals surface area contributed by atoms with E-state index < -0.39 is 6.10 Å². The molecule has 1 N–H and O–H groups in total. The van der Waals surface area contributed by atoms with E-state index >= 15 is 0 Å². The van der Waals surface area contributed by atoms with Gasteiger partial charge in [-0.25, -0.2) is 0 Å². The molecular formula is C16H22N2O3. The average Bonchev–Trinajstić information content (AvgIpc) is 2.72. The molecule has 114 valence electrons. The first-order valence-corrected chi connectivity index (χ1v) is 6.87. The predicted octanol–water partition coefficient (Wildman–Crippen LogP) is 2.33. The zero-order chi connectivity index (χ0) is 15.6. The highest BCUT2D eigenvalue weighted by Crippen LogP contribution is 2.32. The van der Waals surface area contributed by atoms with E-state index in [0.717, 1.165) is 22.5 Å². The van der Waals surface area contributed by atoms with E-state index in [9.17, 15) is 5.11 Å². The predicted molar refractivity (Wildman–Crippen MR) is 80.9 cm³/mol. The lowest BCUT2D eigenvalue weighted by molar-refractivity contribution is 0.173. The molecule has 0 bridgehead atoms. The fourth-order valence-electron chi connectivity index (χ4n) is 2.51. The minimum Gasteiger partial charge on any atom is -0.497 e. The first-order chi connectivity index (χ1) is 9.97. The van der Waals surface area contributed by atoms with Crippen LogP contribution in [0.3, 0.4) is 0 Å². The molecule has 0 saturated heterocycles. The van der Waals surface area contributed by atoms with Gasteiger partial charge < -0.3 is 14.6 Å². The lowest BCUT2D eigenvalue weighted by atomic mass is 9.99. The van der Waals surface area contributed by atoms with Gasteiger partial charge in [-0.3, -0.25) is 4.68 Å². The zero-order valence-electron chi connectivity index (χ0n) is 13.2. The van der Waals surface area contributed by atoms with Crippen LogP contribution in [0, 0.1) is 13.8 Å². The summed E-state index contributed by atoms with van der Waals surface area (Å²) in [6, 6.07) is 5.44. The van der Waals surface area contributed by atoms with Crippen molar-refractivity contribution in [3.63, 3.8) is 0 Å². The van der Waals surface area contributed by atoms with Crippen molar-refractivity contribution in [3.05, 3.63) is 40.7 Å². The highest BCUT2D eigenvalue weighted by atomic mass is 16.5. The molecule has 5 nitrogen and oxygen atoms in total. The van der Waals surface area contributed by atoms with E-state index in [0.29, 0.717) is 17.9 Å². The van der Waals surface area contributed by atoms with Gasteiger partial charge in [0.15, 0.2) is 0 Å². The molecule has 0 aliphatic rings. The average molecular weight is 290 g/mol. The summed E-state index contributed by atoms with van der Waals surface area (Å²) in [4.78, 5) is 0. The van der Waals surface area contributed by atoms with Gasteiger partial charge in [0.25, 0.3) is 0 Å². The van der Waals surface area contributed by atoms with Crippen molar-refractivity contribution in [2.24, 2.45) is 7.05 Å². The van der Waals surface area contributed by atoms with Gasteiger partial charge in [0.05, 0.1) is 26.0 Å². The van der Waals surface area contributed by atoms with Crippen molar-refractivity contribution in [2.45, 2.75) is 26.4 Å². The first-order valence-electron chi connectivity index (χ1n) is 6.87. The maximum absolute atomic E-state index is 10.5. The summed E-state index contributed by atoms with van der Waals surface area (Å²) >= 11 is 0. The van der Waals surface area contributed by atoms with Gasteiger partial charge >= 0.3 is 0 Å². The van der Waals surface area contributed by atoms with Crippen LogP contribution in [0.5, 0.6) is 11.5 Å². The number of rotatable bonds is 5. The van der Waals surface area contributed by atoms with Crippen LogP contribution in [0.2, 0.25) is 0 Å². The summed E-state index contributed by atoms with van der Waals surface area (Å²) in [6.07, 6.45) is -0.138. The van der Waals surface area contributed by atoms with Gasteiger partial charge in [-0.1, -0.05) is 0 Å². The third-order valence-electron chi connectivity index (χ3n) is 3.86. The van der Waals surface area contributed by atoms with E-state index in [1.54, 1.807) is 20.3 Å². The van der Waals surface area contributed by atoms with Crippen LogP contribution in [0.1, 0.15) is 28.6 Å². The third-order valence-corrected chi connectivity index (χ3v) is 3.86.